The van der Waals surface area contributed by atoms with E-state index in [1.165, 1.54) is 0 Å². The van der Waals surface area contributed by atoms with Gasteiger partial charge in [0, 0.05) is 24.3 Å². The van der Waals surface area contributed by atoms with Crippen LogP contribution in [0.3, 0.4) is 0 Å². The molecule has 0 saturated heterocycles. The lowest BCUT2D eigenvalue weighted by Crippen LogP contribution is -2.36. The third-order valence-corrected chi connectivity index (χ3v) is 5.18. The highest BCUT2D eigenvalue weighted by Gasteiger charge is 2.36. The molecule has 35 heavy (non-hydrogen) atoms. The summed E-state index contributed by atoms with van der Waals surface area (Å²) in [7, 11) is 0. The van der Waals surface area contributed by atoms with E-state index in [2.05, 4.69) is 0 Å². The van der Waals surface area contributed by atoms with Crippen LogP contribution >= 0.6 is 0 Å². The fraction of sp³-hybridized carbons (Fsp3) is 0.481. The van der Waals surface area contributed by atoms with Gasteiger partial charge in [-0.05, 0) is 53.7 Å². The van der Waals surface area contributed by atoms with Crippen molar-refractivity contribution in [1.29, 1.82) is 0 Å². The number of hydrogen-bond donors (Lipinski definition) is 0. The molecule has 0 amide bonds. The van der Waals surface area contributed by atoms with Gasteiger partial charge >= 0.3 is 0 Å². The molecule has 1 aliphatic heterocycles. The molecular weight excluding hydrogens is 450 g/mol. The maximum atomic E-state index is 13.7. The van der Waals surface area contributed by atoms with Gasteiger partial charge < -0.3 is 28.4 Å². The van der Waals surface area contributed by atoms with E-state index >= 15 is 0 Å². The number of ether oxygens (including phenoxy) is 6. The molecule has 2 aromatic rings. The molecule has 0 bridgehead atoms. The number of hydrogen-bond acceptors (Lipinski definition) is 8. The Morgan fingerprint density at radius 3 is 1.80 bits per heavy atom. The average Bonchev–Trinajstić information content (AvgIpc) is 2.83. The van der Waals surface area contributed by atoms with E-state index < -0.39 is 6.10 Å². The zero-order valence-corrected chi connectivity index (χ0v) is 21.4. The van der Waals surface area contributed by atoms with Crippen LogP contribution in [0.25, 0.3) is 0 Å². The number of carbonyl (C=O) groups excluding carboxylic acids is 1. The quantitative estimate of drug-likeness (QED) is 0.375. The van der Waals surface area contributed by atoms with Crippen LogP contribution < -0.4 is 23.7 Å². The van der Waals surface area contributed by atoms with E-state index in [1.54, 1.807) is 12.1 Å². The summed E-state index contributed by atoms with van der Waals surface area (Å²) in [6.45, 7) is 13.8. The van der Waals surface area contributed by atoms with Crippen molar-refractivity contribution in [2.75, 3.05) is 39.6 Å². The fourth-order valence-electron chi connectivity index (χ4n) is 3.95. The zero-order valence-electron chi connectivity index (χ0n) is 21.4. The van der Waals surface area contributed by atoms with Crippen LogP contribution in [0.2, 0.25) is 0 Å². The van der Waals surface area contributed by atoms with Crippen molar-refractivity contribution >= 4 is 17.2 Å². The number of nitrogens with zero attached hydrogens (tertiary/aromatic N) is 1. The first-order valence-corrected chi connectivity index (χ1v) is 12.3. The lowest BCUT2D eigenvalue weighted by atomic mass is 9.92. The van der Waals surface area contributed by atoms with Gasteiger partial charge in [0.05, 0.1) is 50.0 Å². The Morgan fingerprint density at radius 2 is 1.26 bits per heavy atom. The molecule has 0 spiro atoms. The molecule has 1 aliphatic rings. The van der Waals surface area contributed by atoms with E-state index in [1.807, 2.05) is 53.7 Å². The number of fused-ring (bicyclic) bond motifs is 1. The van der Waals surface area contributed by atoms with E-state index in [9.17, 15) is 4.79 Å². The molecule has 0 radical (unpaired) electrons. The normalized spacial score (nSPS) is 14.7. The minimum absolute atomic E-state index is 0.219. The van der Waals surface area contributed by atoms with Crippen molar-refractivity contribution in [2.45, 2.75) is 47.6 Å². The summed E-state index contributed by atoms with van der Waals surface area (Å²) in [5, 5.41) is 0. The van der Waals surface area contributed by atoms with Crippen LogP contribution in [0.1, 0.15) is 57.5 Å². The third kappa shape index (κ3) is 5.70. The SMILES string of the molecule is CCOc1cc2c(c(OCC)c1)C(=O)C(OCC)C(c1cc(OCC)c(OCC)c(OCC)c1)=N2. The maximum Gasteiger partial charge on any atom is 0.203 e. The van der Waals surface area contributed by atoms with Crippen LogP contribution in [0.4, 0.5) is 5.69 Å². The molecule has 0 aliphatic carbocycles. The van der Waals surface area contributed by atoms with Crippen LogP contribution in [-0.4, -0.2) is 57.2 Å². The number of ketones is 1. The van der Waals surface area contributed by atoms with Crippen LogP contribution in [-0.2, 0) is 4.74 Å². The maximum absolute atomic E-state index is 13.7. The van der Waals surface area contributed by atoms with Gasteiger partial charge in [-0.1, -0.05) is 0 Å². The molecular formula is C27H35NO7. The van der Waals surface area contributed by atoms with Crippen molar-refractivity contribution in [1.82, 2.24) is 0 Å². The van der Waals surface area contributed by atoms with Crippen LogP contribution in [0, 0.1) is 0 Å². The van der Waals surface area contributed by atoms with Crippen molar-refractivity contribution in [3.63, 3.8) is 0 Å². The molecule has 1 atom stereocenters. The van der Waals surface area contributed by atoms with Crippen LogP contribution in [0.15, 0.2) is 29.3 Å². The molecule has 0 N–H and O–H groups in total. The molecule has 2 aromatic carbocycles. The Labute approximate surface area is 207 Å². The minimum atomic E-state index is -0.911. The smallest absolute Gasteiger partial charge is 0.203 e. The molecule has 3 rings (SSSR count). The molecule has 0 aromatic heterocycles. The second-order valence-corrected chi connectivity index (χ2v) is 7.48. The number of aliphatic imine (C=N–C) groups is 1. The van der Waals surface area contributed by atoms with Crippen molar-refractivity contribution in [3.05, 3.63) is 35.4 Å². The molecule has 1 unspecified atom stereocenters. The summed E-state index contributed by atoms with van der Waals surface area (Å²) in [5.74, 6) is 2.35. The monoisotopic (exact) mass is 485 g/mol. The van der Waals surface area contributed by atoms with Crippen molar-refractivity contribution in [3.8, 4) is 28.7 Å². The van der Waals surface area contributed by atoms with Crippen molar-refractivity contribution < 1.29 is 33.2 Å². The lowest BCUT2D eigenvalue weighted by Gasteiger charge is -2.26. The Bertz CT molecular complexity index is 1040. The summed E-state index contributed by atoms with van der Waals surface area (Å²) in [6, 6.07) is 7.11. The van der Waals surface area contributed by atoms with Gasteiger partial charge in [-0.3, -0.25) is 4.79 Å². The Kier molecular flexibility index (Phi) is 9.37. The van der Waals surface area contributed by atoms with E-state index in [4.69, 9.17) is 33.4 Å². The number of Topliss-reactive ketones (excluding diaryl/α,β-unsaturated/α-hetero) is 1. The van der Waals surface area contributed by atoms with E-state index in [-0.39, 0.29) is 5.78 Å². The summed E-state index contributed by atoms with van der Waals surface area (Å²) in [6.07, 6.45) is -0.911. The highest BCUT2D eigenvalue weighted by Crippen LogP contribution is 2.43. The molecule has 190 valence electrons. The molecule has 0 saturated carbocycles. The summed E-state index contributed by atoms with van der Waals surface area (Å²) in [5.41, 5.74) is 1.97. The molecule has 0 fully saturated rings. The highest BCUT2D eigenvalue weighted by atomic mass is 16.5. The van der Waals surface area contributed by atoms with Gasteiger partial charge in [-0.25, -0.2) is 4.99 Å². The standard InChI is InChI=1S/C27H35NO7/c1-7-30-18-15-19-23(20(16-18)31-8-2)25(29)27(35-12-6)24(28-19)17-13-21(32-9-3)26(34-11-5)22(14-17)33-10-4/h13-16,27H,7-12H2,1-6H3. The van der Waals surface area contributed by atoms with Gasteiger partial charge in [0.2, 0.25) is 11.5 Å². The first-order valence-electron chi connectivity index (χ1n) is 12.3. The van der Waals surface area contributed by atoms with Gasteiger partial charge in [0.1, 0.15) is 11.5 Å². The average molecular weight is 486 g/mol. The van der Waals surface area contributed by atoms with Gasteiger partial charge in [0.15, 0.2) is 17.6 Å². The predicted octanol–water partition coefficient (Wildman–Crippen LogP) is 5.40. The number of rotatable bonds is 13. The number of carbonyl (C=O) groups is 1. The van der Waals surface area contributed by atoms with Gasteiger partial charge in [0.25, 0.3) is 0 Å². The Morgan fingerprint density at radius 1 is 0.686 bits per heavy atom. The molecule has 8 nitrogen and oxygen atoms in total. The lowest BCUT2D eigenvalue weighted by molar-refractivity contribution is 0.0649. The van der Waals surface area contributed by atoms with E-state index in [0.717, 1.165) is 0 Å². The van der Waals surface area contributed by atoms with E-state index in [0.29, 0.717) is 90.9 Å². The molecule has 8 heteroatoms. The largest absolute Gasteiger partial charge is 0.494 e. The zero-order chi connectivity index (χ0) is 25.4. The summed E-state index contributed by atoms with van der Waals surface area (Å²) in [4.78, 5) is 18.6. The second kappa shape index (κ2) is 12.4. The highest BCUT2D eigenvalue weighted by molar-refractivity contribution is 6.26. The molecule has 1 heterocycles. The second-order valence-electron chi connectivity index (χ2n) is 7.48. The Balaban J connectivity index is 2.26. The van der Waals surface area contributed by atoms with Gasteiger partial charge in [-0.2, -0.15) is 0 Å². The number of benzene rings is 2. The van der Waals surface area contributed by atoms with Crippen molar-refractivity contribution in [2.24, 2.45) is 4.99 Å². The first kappa shape index (κ1) is 26.3. The summed E-state index contributed by atoms with van der Waals surface area (Å²) >= 11 is 0. The fourth-order valence-corrected chi connectivity index (χ4v) is 3.95. The first-order chi connectivity index (χ1) is 17.0. The predicted molar refractivity (Wildman–Crippen MR) is 135 cm³/mol. The third-order valence-electron chi connectivity index (χ3n) is 5.18. The summed E-state index contributed by atoms with van der Waals surface area (Å²) < 4.78 is 35.0. The minimum Gasteiger partial charge on any atom is -0.494 e. The van der Waals surface area contributed by atoms with Gasteiger partial charge in [-0.15, -0.1) is 0 Å². The van der Waals surface area contributed by atoms with Crippen LogP contribution in [0.5, 0.6) is 28.7 Å². The Hall–Kier alpha value is -3.26. The topological polar surface area (TPSA) is 84.8 Å².